The van der Waals surface area contributed by atoms with E-state index in [0.717, 1.165) is 24.8 Å². The molecule has 1 aromatic carbocycles. The smallest absolute Gasteiger partial charge is 0.335 e. The number of carbonyl (C=O) groups is 1. The zero-order valence-corrected chi connectivity index (χ0v) is 8.29. The number of aryl methyl sites for hydroxylation is 1. The van der Waals surface area contributed by atoms with Gasteiger partial charge in [0.05, 0.1) is 5.56 Å². The summed E-state index contributed by atoms with van der Waals surface area (Å²) < 4.78 is 0. The second-order valence-electron chi connectivity index (χ2n) is 3.32. The molecule has 0 heterocycles. The molecule has 0 aliphatic rings. The zero-order valence-electron chi connectivity index (χ0n) is 8.29. The lowest BCUT2D eigenvalue weighted by Gasteiger charge is -2.05. The van der Waals surface area contributed by atoms with Gasteiger partial charge in [-0.2, -0.15) is 0 Å². The van der Waals surface area contributed by atoms with Gasteiger partial charge in [0.1, 0.15) is 0 Å². The first-order valence-electron chi connectivity index (χ1n) is 4.77. The van der Waals surface area contributed by atoms with Gasteiger partial charge >= 0.3 is 5.97 Å². The van der Waals surface area contributed by atoms with Crippen LogP contribution >= 0.6 is 0 Å². The van der Waals surface area contributed by atoms with Crippen molar-refractivity contribution in [3.8, 4) is 0 Å². The van der Waals surface area contributed by atoms with E-state index < -0.39 is 5.97 Å². The highest BCUT2D eigenvalue weighted by Gasteiger charge is 2.05. The summed E-state index contributed by atoms with van der Waals surface area (Å²) >= 11 is 0. The molecular weight excluding hydrogens is 178 g/mol. The van der Waals surface area contributed by atoms with E-state index in [1.54, 1.807) is 12.1 Å². The van der Waals surface area contributed by atoms with E-state index >= 15 is 0 Å². The summed E-state index contributed by atoms with van der Waals surface area (Å²) in [6.45, 7) is 2.11. The van der Waals surface area contributed by atoms with E-state index in [2.05, 4.69) is 6.92 Å². The molecule has 0 spiro atoms. The van der Waals surface area contributed by atoms with Crippen LogP contribution in [0, 0.1) is 0 Å². The van der Waals surface area contributed by atoms with Crippen LogP contribution in [0.3, 0.4) is 0 Å². The maximum Gasteiger partial charge on any atom is 0.335 e. The number of carboxylic acid groups (broad SMARTS) is 1. The van der Waals surface area contributed by atoms with Crippen LogP contribution in [-0.4, -0.2) is 11.1 Å². The number of carboxylic acids is 1. The normalized spacial score (nSPS) is 10.1. The summed E-state index contributed by atoms with van der Waals surface area (Å²) in [7, 11) is 0. The summed E-state index contributed by atoms with van der Waals surface area (Å²) in [5, 5.41) is 8.72. The Balaban J connectivity index is 2.84. The van der Waals surface area contributed by atoms with Crippen LogP contribution in [0.5, 0.6) is 0 Å². The number of nitrogens with two attached hydrogens (primary N) is 1. The number of anilines is 1. The molecule has 0 bridgehead atoms. The van der Waals surface area contributed by atoms with Crippen LogP contribution in [0.2, 0.25) is 0 Å². The third-order valence-electron chi connectivity index (χ3n) is 2.19. The molecular formula is C11H15NO2. The average molecular weight is 193 g/mol. The Kier molecular flexibility index (Phi) is 3.51. The molecule has 76 valence electrons. The number of hydrogen-bond acceptors (Lipinski definition) is 2. The Morgan fingerprint density at radius 1 is 1.50 bits per heavy atom. The fraction of sp³-hybridized carbons (Fsp3) is 0.364. The maximum absolute atomic E-state index is 10.6. The summed E-state index contributed by atoms with van der Waals surface area (Å²) in [4.78, 5) is 10.6. The van der Waals surface area contributed by atoms with Gasteiger partial charge < -0.3 is 10.8 Å². The van der Waals surface area contributed by atoms with Gasteiger partial charge in [0.25, 0.3) is 0 Å². The number of unbranched alkanes of at least 4 members (excludes halogenated alkanes) is 1. The van der Waals surface area contributed by atoms with Crippen molar-refractivity contribution >= 4 is 11.7 Å². The van der Waals surface area contributed by atoms with Crippen molar-refractivity contribution in [3.63, 3.8) is 0 Å². The fourth-order valence-corrected chi connectivity index (χ4v) is 1.32. The summed E-state index contributed by atoms with van der Waals surface area (Å²) in [6.07, 6.45) is 3.11. The largest absolute Gasteiger partial charge is 0.478 e. The predicted molar refractivity (Wildman–Crippen MR) is 56.4 cm³/mol. The highest BCUT2D eigenvalue weighted by Crippen LogP contribution is 2.16. The van der Waals surface area contributed by atoms with Gasteiger partial charge in [-0.3, -0.25) is 0 Å². The highest BCUT2D eigenvalue weighted by molar-refractivity contribution is 5.88. The molecule has 0 aromatic heterocycles. The predicted octanol–water partition coefficient (Wildman–Crippen LogP) is 2.31. The van der Waals surface area contributed by atoms with Crippen molar-refractivity contribution in [2.75, 3.05) is 5.73 Å². The van der Waals surface area contributed by atoms with Crippen molar-refractivity contribution in [3.05, 3.63) is 29.3 Å². The Morgan fingerprint density at radius 2 is 2.21 bits per heavy atom. The molecule has 1 aromatic rings. The average Bonchev–Trinajstić information content (AvgIpc) is 2.15. The van der Waals surface area contributed by atoms with E-state index in [1.807, 2.05) is 0 Å². The minimum Gasteiger partial charge on any atom is -0.478 e. The van der Waals surface area contributed by atoms with Crippen molar-refractivity contribution in [2.24, 2.45) is 0 Å². The lowest BCUT2D eigenvalue weighted by atomic mass is 10.0. The number of hydrogen-bond donors (Lipinski definition) is 2. The quantitative estimate of drug-likeness (QED) is 0.721. The molecule has 0 saturated heterocycles. The Bertz CT molecular complexity index is 334. The van der Waals surface area contributed by atoms with Crippen LogP contribution in [0.4, 0.5) is 5.69 Å². The molecule has 14 heavy (non-hydrogen) atoms. The zero-order chi connectivity index (χ0) is 10.6. The molecule has 3 heteroatoms. The summed E-state index contributed by atoms with van der Waals surface area (Å²) in [5.74, 6) is -0.932. The molecule has 0 amide bonds. The minimum atomic E-state index is -0.932. The van der Waals surface area contributed by atoms with Gasteiger partial charge in [0, 0.05) is 5.69 Å². The molecule has 0 saturated carbocycles. The first-order chi connectivity index (χ1) is 6.65. The molecule has 0 aliphatic heterocycles. The molecule has 0 unspecified atom stereocenters. The Labute approximate surface area is 83.6 Å². The first kappa shape index (κ1) is 10.6. The number of benzene rings is 1. The van der Waals surface area contributed by atoms with Crippen molar-refractivity contribution in [1.82, 2.24) is 0 Å². The van der Waals surface area contributed by atoms with Gasteiger partial charge in [-0.15, -0.1) is 0 Å². The molecule has 0 atom stereocenters. The molecule has 1 rings (SSSR count). The Hall–Kier alpha value is -1.51. The highest BCUT2D eigenvalue weighted by atomic mass is 16.4. The minimum absolute atomic E-state index is 0.253. The van der Waals surface area contributed by atoms with Crippen LogP contribution in [0.25, 0.3) is 0 Å². The van der Waals surface area contributed by atoms with Crippen molar-refractivity contribution in [2.45, 2.75) is 26.2 Å². The topological polar surface area (TPSA) is 63.3 Å². The standard InChI is InChI=1S/C11H15NO2/c1-2-3-4-8-5-6-9(11(13)14)7-10(8)12/h5-7H,2-4,12H2,1H3,(H,13,14). The number of nitrogen functional groups attached to an aromatic ring is 1. The second kappa shape index (κ2) is 4.65. The number of aromatic carboxylic acids is 1. The van der Waals surface area contributed by atoms with E-state index in [4.69, 9.17) is 10.8 Å². The van der Waals surface area contributed by atoms with Crippen LogP contribution in [-0.2, 0) is 6.42 Å². The van der Waals surface area contributed by atoms with E-state index in [1.165, 1.54) is 6.07 Å². The SMILES string of the molecule is CCCCc1ccc(C(=O)O)cc1N. The molecule has 0 fully saturated rings. The van der Waals surface area contributed by atoms with Crippen LogP contribution < -0.4 is 5.73 Å². The Morgan fingerprint density at radius 3 is 2.71 bits per heavy atom. The maximum atomic E-state index is 10.6. The van der Waals surface area contributed by atoms with Crippen LogP contribution in [0.15, 0.2) is 18.2 Å². The van der Waals surface area contributed by atoms with Gasteiger partial charge in [0.15, 0.2) is 0 Å². The third kappa shape index (κ3) is 2.49. The van der Waals surface area contributed by atoms with E-state index in [9.17, 15) is 4.79 Å². The second-order valence-corrected chi connectivity index (χ2v) is 3.32. The summed E-state index contributed by atoms with van der Waals surface area (Å²) in [5.41, 5.74) is 7.61. The first-order valence-corrected chi connectivity index (χ1v) is 4.77. The van der Waals surface area contributed by atoms with Gasteiger partial charge in [0.2, 0.25) is 0 Å². The number of rotatable bonds is 4. The van der Waals surface area contributed by atoms with Crippen LogP contribution in [0.1, 0.15) is 35.7 Å². The lowest BCUT2D eigenvalue weighted by molar-refractivity contribution is 0.0697. The lowest BCUT2D eigenvalue weighted by Crippen LogP contribution is -2.00. The molecule has 3 nitrogen and oxygen atoms in total. The fourth-order valence-electron chi connectivity index (χ4n) is 1.32. The van der Waals surface area contributed by atoms with Gasteiger partial charge in [-0.25, -0.2) is 4.79 Å². The van der Waals surface area contributed by atoms with Gasteiger partial charge in [-0.05, 0) is 30.5 Å². The molecule has 3 N–H and O–H groups in total. The third-order valence-corrected chi connectivity index (χ3v) is 2.19. The van der Waals surface area contributed by atoms with Crippen molar-refractivity contribution in [1.29, 1.82) is 0 Å². The molecule has 0 aliphatic carbocycles. The van der Waals surface area contributed by atoms with Crippen molar-refractivity contribution < 1.29 is 9.90 Å². The van der Waals surface area contributed by atoms with E-state index in [0.29, 0.717) is 5.69 Å². The monoisotopic (exact) mass is 193 g/mol. The van der Waals surface area contributed by atoms with Gasteiger partial charge in [-0.1, -0.05) is 19.4 Å². The van der Waals surface area contributed by atoms with E-state index in [-0.39, 0.29) is 5.56 Å². The summed E-state index contributed by atoms with van der Waals surface area (Å²) in [6, 6.07) is 4.92. The molecule has 0 radical (unpaired) electrons.